The molecule has 0 saturated heterocycles. The van der Waals surface area contributed by atoms with Gasteiger partial charge in [-0.3, -0.25) is 0 Å². The molecular formula is C15H24ClN5OSi. The minimum absolute atomic E-state index is 0.138. The molecule has 8 heteroatoms. The number of nitrogens with zero attached hydrogens (tertiary/aromatic N) is 4. The third-order valence-electron chi connectivity index (χ3n) is 4.24. The molecule has 2 aromatic rings. The van der Waals surface area contributed by atoms with Crippen molar-refractivity contribution in [2.24, 2.45) is 0 Å². The van der Waals surface area contributed by atoms with Crippen molar-refractivity contribution in [3.8, 4) is 5.82 Å². The quantitative estimate of drug-likeness (QED) is 0.841. The highest BCUT2D eigenvalue weighted by Crippen LogP contribution is 2.39. The Hall–Kier alpha value is -1.44. The Morgan fingerprint density at radius 1 is 1.30 bits per heavy atom. The first-order valence-corrected chi connectivity index (χ1v) is 10.8. The molecule has 0 aromatic carbocycles. The number of anilines is 1. The number of nitrogens with two attached hydrogens (primary N) is 1. The Labute approximate surface area is 143 Å². The third-order valence-corrected chi connectivity index (χ3v) is 9.07. The van der Waals surface area contributed by atoms with E-state index in [4.69, 9.17) is 21.8 Å². The standard InChI is InChI=1S/C15H24ClN5OSi/c1-10(22-23(5,6)15(2,3)4)13-9-19-21(20-13)14-12(16)7-11(17)8-18-14/h7-10H,17H2,1-6H3. The fraction of sp³-hybridized carbons (Fsp3) is 0.533. The lowest BCUT2D eigenvalue weighted by Gasteiger charge is -2.38. The number of aromatic nitrogens is 4. The van der Waals surface area contributed by atoms with Crippen LogP contribution in [0.2, 0.25) is 23.2 Å². The van der Waals surface area contributed by atoms with Gasteiger partial charge in [0.1, 0.15) is 5.69 Å². The first-order chi connectivity index (χ1) is 10.5. The van der Waals surface area contributed by atoms with E-state index in [-0.39, 0.29) is 11.1 Å². The molecule has 0 spiro atoms. The molecule has 2 rings (SSSR count). The fourth-order valence-corrected chi connectivity index (χ4v) is 3.44. The summed E-state index contributed by atoms with van der Waals surface area (Å²) in [7, 11) is -1.87. The summed E-state index contributed by atoms with van der Waals surface area (Å²) < 4.78 is 6.34. The molecule has 126 valence electrons. The normalized spacial score (nSPS) is 14.0. The Kier molecular flexibility index (Phi) is 4.84. The number of halogens is 1. The van der Waals surface area contributed by atoms with Crippen molar-refractivity contribution < 1.29 is 4.43 Å². The lowest BCUT2D eigenvalue weighted by molar-refractivity contribution is 0.198. The molecule has 0 bridgehead atoms. The molecule has 0 aliphatic rings. The number of nitrogen functional groups attached to an aromatic ring is 1. The van der Waals surface area contributed by atoms with Crippen LogP contribution in [0.4, 0.5) is 5.69 Å². The van der Waals surface area contributed by atoms with E-state index in [1.54, 1.807) is 12.3 Å². The molecule has 0 aliphatic carbocycles. The van der Waals surface area contributed by atoms with Crippen molar-refractivity contribution in [1.29, 1.82) is 0 Å². The fourth-order valence-electron chi connectivity index (χ4n) is 1.83. The molecular weight excluding hydrogens is 330 g/mol. The summed E-state index contributed by atoms with van der Waals surface area (Å²) in [6.07, 6.45) is 3.07. The maximum absolute atomic E-state index is 6.34. The summed E-state index contributed by atoms with van der Waals surface area (Å²) in [5, 5.41) is 9.24. The second-order valence-electron chi connectivity index (χ2n) is 7.15. The maximum Gasteiger partial charge on any atom is 0.193 e. The largest absolute Gasteiger partial charge is 0.409 e. The van der Waals surface area contributed by atoms with Crippen LogP contribution in [-0.4, -0.2) is 28.3 Å². The molecule has 1 atom stereocenters. The number of hydrogen-bond acceptors (Lipinski definition) is 5. The topological polar surface area (TPSA) is 78.8 Å². The summed E-state index contributed by atoms with van der Waals surface area (Å²) in [5.41, 5.74) is 6.91. The number of rotatable bonds is 4. The molecule has 0 saturated carbocycles. The highest BCUT2D eigenvalue weighted by Gasteiger charge is 2.39. The zero-order valence-corrected chi connectivity index (χ0v) is 16.2. The summed E-state index contributed by atoms with van der Waals surface area (Å²) in [5.74, 6) is 0.451. The Morgan fingerprint density at radius 3 is 2.52 bits per heavy atom. The summed E-state index contributed by atoms with van der Waals surface area (Å²) >= 11 is 6.15. The molecule has 2 heterocycles. The van der Waals surface area contributed by atoms with Gasteiger partial charge >= 0.3 is 0 Å². The van der Waals surface area contributed by atoms with E-state index in [1.807, 2.05) is 6.92 Å². The summed E-state index contributed by atoms with van der Waals surface area (Å²) in [6.45, 7) is 13.0. The third kappa shape index (κ3) is 3.91. The van der Waals surface area contributed by atoms with Gasteiger partial charge in [-0.2, -0.15) is 5.10 Å². The van der Waals surface area contributed by atoms with Crippen LogP contribution >= 0.6 is 11.6 Å². The van der Waals surface area contributed by atoms with Gasteiger partial charge in [-0.1, -0.05) is 32.4 Å². The highest BCUT2D eigenvalue weighted by molar-refractivity contribution is 6.74. The van der Waals surface area contributed by atoms with Crippen LogP contribution in [-0.2, 0) is 4.43 Å². The zero-order chi connectivity index (χ0) is 17.4. The van der Waals surface area contributed by atoms with E-state index in [1.165, 1.54) is 11.0 Å². The molecule has 2 aromatic heterocycles. The van der Waals surface area contributed by atoms with Crippen LogP contribution in [0.5, 0.6) is 0 Å². The average Bonchev–Trinajstić information content (AvgIpc) is 2.86. The molecule has 1 unspecified atom stereocenters. The Bertz CT molecular complexity index is 695. The van der Waals surface area contributed by atoms with Crippen molar-refractivity contribution in [2.75, 3.05) is 5.73 Å². The van der Waals surface area contributed by atoms with Crippen molar-refractivity contribution in [3.63, 3.8) is 0 Å². The molecule has 0 radical (unpaired) electrons. The SMILES string of the molecule is CC(O[Si](C)(C)C(C)(C)C)c1cnn(-c2ncc(N)cc2Cl)n1. The van der Waals surface area contributed by atoms with Crippen molar-refractivity contribution >= 4 is 25.6 Å². The van der Waals surface area contributed by atoms with Gasteiger partial charge in [0.15, 0.2) is 14.1 Å². The van der Waals surface area contributed by atoms with Crippen molar-refractivity contribution in [1.82, 2.24) is 20.0 Å². The van der Waals surface area contributed by atoms with Crippen LogP contribution in [0.1, 0.15) is 39.5 Å². The van der Waals surface area contributed by atoms with Gasteiger partial charge in [0, 0.05) is 0 Å². The monoisotopic (exact) mass is 353 g/mol. The lowest BCUT2D eigenvalue weighted by atomic mass is 10.2. The van der Waals surface area contributed by atoms with Crippen molar-refractivity contribution in [3.05, 3.63) is 29.2 Å². The smallest absolute Gasteiger partial charge is 0.193 e. The average molecular weight is 354 g/mol. The molecule has 2 N–H and O–H groups in total. The van der Waals surface area contributed by atoms with E-state index < -0.39 is 8.32 Å². The van der Waals surface area contributed by atoms with Crippen LogP contribution in [0.3, 0.4) is 0 Å². The molecule has 23 heavy (non-hydrogen) atoms. The van der Waals surface area contributed by atoms with Gasteiger partial charge in [0.25, 0.3) is 0 Å². The van der Waals surface area contributed by atoms with E-state index in [2.05, 4.69) is 49.0 Å². The second-order valence-corrected chi connectivity index (χ2v) is 12.3. The maximum atomic E-state index is 6.34. The van der Waals surface area contributed by atoms with Gasteiger partial charge in [-0.25, -0.2) is 4.98 Å². The van der Waals surface area contributed by atoms with Crippen LogP contribution in [0.15, 0.2) is 18.5 Å². The second kappa shape index (κ2) is 6.22. The van der Waals surface area contributed by atoms with Crippen LogP contribution in [0, 0.1) is 0 Å². The van der Waals surface area contributed by atoms with Crippen molar-refractivity contribution in [2.45, 2.75) is 51.9 Å². The summed E-state index contributed by atoms with van der Waals surface area (Å²) in [4.78, 5) is 5.59. The van der Waals surface area contributed by atoms with E-state index in [0.29, 0.717) is 16.5 Å². The molecule has 0 fully saturated rings. The van der Waals surface area contributed by atoms with E-state index >= 15 is 0 Å². The summed E-state index contributed by atoms with van der Waals surface area (Å²) in [6, 6.07) is 1.63. The first-order valence-electron chi connectivity index (χ1n) is 7.53. The molecule has 6 nitrogen and oxygen atoms in total. The molecule has 0 amide bonds. The number of hydrogen-bond donors (Lipinski definition) is 1. The number of pyridine rings is 1. The molecule has 0 aliphatic heterocycles. The Balaban J connectivity index is 2.22. The predicted octanol–water partition coefficient (Wildman–Crippen LogP) is 3.98. The van der Waals surface area contributed by atoms with Gasteiger partial charge < -0.3 is 10.2 Å². The highest BCUT2D eigenvalue weighted by atomic mass is 35.5. The van der Waals surface area contributed by atoms with Gasteiger partial charge in [0.05, 0.1) is 29.2 Å². The van der Waals surface area contributed by atoms with Gasteiger partial charge in [-0.15, -0.1) is 9.90 Å². The Morgan fingerprint density at radius 2 is 1.96 bits per heavy atom. The van der Waals surface area contributed by atoms with E-state index in [9.17, 15) is 0 Å². The van der Waals surface area contributed by atoms with Gasteiger partial charge in [-0.05, 0) is 31.1 Å². The first kappa shape index (κ1) is 17.9. The zero-order valence-electron chi connectivity index (χ0n) is 14.5. The predicted molar refractivity (Wildman–Crippen MR) is 95.3 cm³/mol. The van der Waals surface area contributed by atoms with Crippen LogP contribution < -0.4 is 5.73 Å². The van der Waals surface area contributed by atoms with E-state index in [0.717, 1.165) is 5.69 Å². The minimum atomic E-state index is -1.87. The minimum Gasteiger partial charge on any atom is -0.409 e. The lowest BCUT2D eigenvalue weighted by Crippen LogP contribution is -2.41. The van der Waals surface area contributed by atoms with Gasteiger partial charge in [0.2, 0.25) is 0 Å². The van der Waals surface area contributed by atoms with Crippen LogP contribution in [0.25, 0.3) is 5.82 Å².